The molecule has 0 unspecified atom stereocenters. The molecule has 0 saturated carbocycles. The smallest absolute Gasteiger partial charge is 0.0540 e. The van der Waals surface area contributed by atoms with Gasteiger partial charge in [0.2, 0.25) is 0 Å². The van der Waals surface area contributed by atoms with Gasteiger partial charge in [0.15, 0.2) is 0 Å². The summed E-state index contributed by atoms with van der Waals surface area (Å²) in [4.78, 5) is 4.80. The molecule has 2 nitrogen and oxygen atoms in total. The molecule has 2 heteroatoms. The summed E-state index contributed by atoms with van der Waals surface area (Å²) in [5.74, 6) is 0. The van der Waals surface area contributed by atoms with Crippen LogP contribution in [-0.2, 0) is 0 Å². The second-order valence-electron chi connectivity index (χ2n) is 15.1. The van der Waals surface area contributed by atoms with Gasteiger partial charge >= 0.3 is 0 Å². The molecule has 0 atom stereocenters. The molecule has 0 spiro atoms. The summed E-state index contributed by atoms with van der Waals surface area (Å²) in [6, 6.07) is 72.4. The summed E-state index contributed by atoms with van der Waals surface area (Å²) in [5.41, 5.74) is 17.1. The Morgan fingerprint density at radius 1 is 0.441 bits per heavy atom. The number of benzene rings is 8. The number of hydrogen-bond donors (Lipinski definition) is 0. The standard InChI is InChI=1S/C57H48N2/c1-3-15-54-42(4-2)17-13-24-56(54)58(50-19-7-5-8-20-50)52-38-34-47(35-39-52)45-30-26-43(27-31-45)44-28-32-46(33-29-44)48-36-40-53(41-37-48)59(51-21-9-6-10-22-51)57-25-14-18-49-16-11-12-23-55(49)57/h3,5-12,14-23,25-41H,4,13,24H2,1-2H3/b15-3-. The van der Waals surface area contributed by atoms with Crippen LogP contribution in [-0.4, -0.2) is 0 Å². The van der Waals surface area contributed by atoms with Gasteiger partial charge in [0, 0.05) is 33.8 Å². The maximum Gasteiger partial charge on any atom is 0.0540 e. The normalized spacial score (nSPS) is 12.8. The molecule has 0 saturated heterocycles. The van der Waals surface area contributed by atoms with E-state index >= 15 is 0 Å². The molecule has 1 aliphatic rings. The molecular weight excluding hydrogens is 713 g/mol. The van der Waals surface area contributed by atoms with E-state index in [1.54, 1.807) is 0 Å². The molecule has 8 aromatic carbocycles. The third-order valence-electron chi connectivity index (χ3n) is 11.5. The molecule has 0 bridgehead atoms. The van der Waals surface area contributed by atoms with Crippen molar-refractivity contribution < 1.29 is 0 Å². The highest BCUT2D eigenvalue weighted by Crippen LogP contribution is 2.41. The highest BCUT2D eigenvalue weighted by Gasteiger charge is 2.22. The quantitative estimate of drug-likeness (QED) is 0.130. The fourth-order valence-corrected chi connectivity index (χ4v) is 8.51. The van der Waals surface area contributed by atoms with Crippen molar-refractivity contribution in [3.8, 4) is 33.4 Å². The number of hydrogen-bond acceptors (Lipinski definition) is 2. The maximum absolute atomic E-state index is 2.45. The molecule has 0 N–H and O–H groups in total. The van der Waals surface area contributed by atoms with Crippen molar-refractivity contribution in [2.45, 2.75) is 33.1 Å². The lowest BCUT2D eigenvalue weighted by molar-refractivity contribution is 0.872. The van der Waals surface area contributed by atoms with E-state index in [-0.39, 0.29) is 0 Å². The van der Waals surface area contributed by atoms with Crippen molar-refractivity contribution in [3.05, 3.63) is 235 Å². The Balaban J connectivity index is 0.940. The third-order valence-corrected chi connectivity index (χ3v) is 11.5. The molecule has 0 amide bonds. The van der Waals surface area contributed by atoms with E-state index < -0.39 is 0 Å². The van der Waals surface area contributed by atoms with Crippen LogP contribution < -0.4 is 9.80 Å². The third kappa shape index (κ3) is 7.78. The monoisotopic (exact) mass is 760 g/mol. The van der Waals surface area contributed by atoms with Crippen LogP contribution in [0, 0.1) is 0 Å². The van der Waals surface area contributed by atoms with Crippen LogP contribution in [0.5, 0.6) is 0 Å². The summed E-state index contributed by atoms with van der Waals surface area (Å²) in [6.45, 7) is 4.37. The number of anilines is 5. The Morgan fingerprint density at radius 2 is 0.864 bits per heavy atom. The van der Waals surface area contributed by atoms with Gasteiger partial charge < -0.3 is 9.80 Å². The van der Waals surface area contributed by atoms with Crippen LogP contribution in [0.3, 0.4) is 0 Å². The van der Waals surface area contributed by atoms with Crippen molar-refractivity contribution in [1.29, 1.82) is 0 Å². The minimum atomic E-state index is 1.01. The zero-order valence-electron chi connectivity index (χ0n) is 33.8. The summed E-state index contributed by atoms with van der Waals surface area (Å²) >= 11 is 0. The number of fused-ring (bicyclic) bond motifs is 1. The summed E-state index contributed by atoms with van der Waals surface area (Å²) in [6.07, 6.45) is 9.96. The number of para-hydroxylation sites is 2. The van der Waals surface area contributed by atoms with Gasteiger partial charge in [-0.1, -0.05) is 171 Å². The fourth-order valence-electron chi connectivity index (χ4n) is 8.51. The molecule has 0 aliphatic heterocycles. The number of rotatable bonds is 11. The minimum absolute atomic E-state index is 1.01. The van der Waals surface area contributed by atoms with Gasteiger partial charge in [-0.05, 0) is 131 Å². The Kier molecular flexibility index (Phi) is 10.9. The number of nitrogens with zero attached hydrogens (tertiary/aromatic N) is 2. The summed E-state index contributed by atoms with van der Waals surface area (Å²) < 4.78 is 0. The molecule has 0 fully saturated rings. The molecule has 8 aromatic rings. The van der Waals surface area contributed by atoms with Crippen molar-refractivity contribution in [2.75, 3.05) is 9.80 Å². The van der Waals surface area contributed by atoms with Crippen molar-refractivity contribution in [2.24, 2.45) is 0 Å². The van der Waals surface area contributed by atoms with Gasteiger partial charge in [-0.25, -0.2) is 0 Å². The van der Waals surface area contributed by atoms with Crippen LogP contribution >= 0.6 is 0 Å². The van der Waals surface area contributed by atoms with E-state index in [4.69, 9.17) is 0 Å². The molecule has 0 heterocycles. The van der Waals surface area contributed by atoms with E-state index in [0.29, 0.717) is 0 Å². The van der Waals surface area contributed by atoms with Gasteiger partial charge in [0.05, 0.1) is 5.69 Å². The average molecular weight is 761 g/mol. The van der Waals surface area contributed by atoms with Crippen LogP contribution in [0.4, 0.5) is 28.4 Å². The van der Waals surface area contributed by atoms with E-state index in [1.165, 1.54) is 78.1 Å². The lowest BCUT2D eigenvalue weighted by atomic mass is 9.91. The minimum Gasteiger partial charge on any atom is -0.314 e. The van der Waals surface area contributed by atoms with Gasteiger partial charge in [0.25, 0.3) is 0 Å². The molecular formula is C57H48N2. The Morgan fingerprint density at radius 3 is 1.37 bits per heavy atom. The second kappa shape index (κ2) is 17.1. The van der Waals surface area contributed by atoms with E-state index in [1.807, 2.05) is 0 Å². The van der Waals surface area contributed by atoms with Gasteiger partial charge in [-0.2, -0.15) is 0 Å². The Labute approximate surface area is 349 Å². The summed E-state index contributed by atoms with van der Waals surface area (Å²) in [7, 11) is 0. The van der Waals surface area contributed by atoms with E-state index in [0.717, 1.165) is 30.6 Å². The highest BCUT2D eigenvalue weighted by atomic mass is 15.2. The van der Waals surface area contributed by atoms with Crippen LogP contribution in [0.15, 0.2) is 235 Å². The molecule has 286 valence electrons. The lowest BCUT2D eigenvalue weighted by Crippen LogP contribution is -2.20. The lowest BCUT2D eigenvalue weighted by Gasteiger charge is -2.32. The zero-order chi connectivity index (χ0) is 40.0. The van der Waals surface area contributed by atoms with E-state index in [2.05, 4.69) is 242 Å². The first-order valence-electron chi connectivity index (χ1n) is 20.8. The molecule has 1 aliphatic carbocycles. The molecule has 0 aromatic heterocycles. The van der Waals surface area contributed by atoms with Gasteiger partial charge in [0.1, 0.15) is 0 Å². The van der Waals surface area contributed by atoms with E-state index in [9.17, 15) is 0 Å². The van der Waals surface area contributed by atoms with Gasteiger partial charge in [-0.15, -0.1) is 0 Å². The zero-order valence-corrected chi connectivity index (χ0v) is 33.8. The Bertz CT molecular complexity index is 2750. The second-order valence-corrected chi connectivity index (χ2v) is 15.1. The predicted molar refractivity (Wildman–Crippen MR) is 253 cm³/mol. The molecule has 9 rings (SSSR count). The number of allylic oxidation sites excluding steroid dienone is 6. The van der Waals surface area contributed by atoms with Crippen molar-refractivity contribution >= 4 is 39.2 Å². The van der Waals surface area contributed by atoms with Crippen LogP contribution in [0.1, 0.15) is 33.1 Å². The molecule has 59 heavy (non-hydrogen) atoms. The summed E-state index contributed by atoms with van der Waals surface area (Å²) in [5, 5.41) is 2.46. The first-order valence-corrected chi connectivity index (χ1v) is 20.8. The van der Waals surface area contributed by atoms with Crippen molar-refractivity contribution in [3.63, 3.8) is 0 Å². The molecule has 0 radical (unpaired) electrons. The van der Waals surface area contributed by atoms with Crippen LogP contribution in [0.25, 0.3) is 44.2 Å². The largest absolute Gasteiger partial charge is 0.314 e. The van der Waals surface area contributed by atoms with Crippen LogP contribution in [0.2, 0.25) is 0 Å². The fraction of sp³-hybridized carbons (Fsp3) is 0.0877. The Hall–Kier alpha value is -7.16. The maximum atomic E-state index is 2.45. The van der Waals surface area contributed by atoms with Gasteiger partial charge in [-0.3, -0.25) is 0 Å². The first-order chi connectivity index (χ1) is 29.2. The average Bonchev–Trinajstić information content (AvgIpc) is 3.31. The highest BCUT2D eigenvalue weighted by molar-refractivity contribution is 5.99. The topological polar surface area (TPSA) is 6.48 Å². The van der Waals surface area contributed by atoms with Crippen molar-refractivity contribution in [1.82, 2.24) is 0 Å². The first kappa shape index (κ1) is 37.4. The predicted octanol–water partition coefficient (Wildman–Crippen LogP) is 16.4. The SMILES string of the molecule is C/C=C\C1=C(N(c2ccccc2)c2ccc(-c3ccc(-c4ccc(-c5ccc(N(c6ccccc6)c6cccc7ccccc67)cc5)cc4)cc3)cc2)CCC=C1CC.